The van der Waals surface area contributed by atoms with E-state index in [9.17, 15) is 9.59 Å². The van der Waals surface area contributed by atoms with Crippen molar-refractivity contribution in [3.05, 3.63) is 37.8 Å². The van der Waals surface area contributed by atoms with Crippen LogP contribution in [0.2, 0.25) is 0 Å². The van der Waals surface area contributed by atoms with Crippen LogP contribution in [-0.4, -0.2) is 21.5 Å². The van der Waals surface area contributed by atoms with Crippen molar-refractivity contribution < 1.29 is 4.79 Å². The summed E-state index contributed by atoms with van der Waals surface area (Å²) in [5, 5.41) is 3.74. The van der Waals surface area contributed by atoms with Crippen molar-refractivity contribution in [2.75, 3.05) is 0 Å². The molecule has 1 aromatic carbocycles. The molecule has 5 nitrogen and oxygen atoms in total. The van der Waals surface area contributed by atoms with Crippen LogP contribution in [0.1, 0.15) is 51.4 Å². The molecule has 3 rings (SSSR count). The lowest BCUT2D eigenvalue weighted by molar-refractivity contribution is -0.122. The SMILES string of the molecule is O=C(CCCn1c(=S)[nH]c2ccc(Br)cc2c1=O)NC1CCCCCC1. The Bertz CT molecular complexity index is 898. The number of H-pyrrole nitrogens is 1. The van der Waals surface area contributed by atoms with Crippen LogP contribution in [0.4, 0.5) is 0 Å². The lowest BCUT2D eigenvalue weighted by Crippen LogP contribution is -2.34. The average Bonchev–Trinajstić information content (AvgIpc) is 2.87. The first-order chi connectivity index (χ1) is 12.5. The number of aromatic amines is 1. The number of nitrogens with zero attached hydrogens (tertiary/aromatic N) is 1. The van der Waals surface area contributed by atoms with Crippen LogP contribution < -0.4 is 10.9 Å². The molecule has 26 heavy (non-hydrogen) atoms. The third-order valence-electron chi connectivity index (χ3n) is 4.95. The molecule has 2 aromatic rings. The van der Waals surface area contributed by atoms with Crippen LogP contribution in [0.3, 0.4) is 0 Å². The van der Waals surface area contributed by atoms with E-state index in [1.54, 1.807) is 10.6 Å². The van der Waals surface area contributed by atoms with Crippen LogP contribution in [0.25, 0.3) is 10.9 Å². The number of rotatable bonds is 5. The van der Waals surface area contributed by atoms with Crippen LogP contribution in [0.15, 0.2) is 27.5 Å². The minimum atomic E-state index is -0.116. The maximum atomic E-state index is 12.7. The zero-order valence-electron chi connectivity index (χ0n) is 14.7. The van der Waals surface area contributed by atoms with Crippen LogP contribution in [-0.2, 0) is 11.3 Å². The lowest BCUT2D eigenvalue weighted by atomic mass is 10.1. The van der Waals surface area contributed by atoms with E-state index in [0.717, 1.165) is 22.8 Å². The minimum absolute atomic E-state index is 0.0726. The Balaban J connectivity index is 1.61. The quantitative estimate of drug-likeness (QED) is 0.536. The van der Waals surface area contributed by atoms with Crippen LogP contribution in [0.5, 0.6) is 0 Å². The summed E-state index contributed by atoms with van der Waals surface area (Å²) >= 11 is 8.71. The topological polar surface area (TPSA) is 66.9 Å². The predicted octanol–water partition coefficient (Wildman–Crippen LogP) is 4.44. The third kappa shape index (κ3) is 4.82. The number of carbonyl (C=O) groups excluding carboxylic acids is 1. The Morgan fingerprint density at radius 3 is 2.73 bits per heavy atom. The van der Waals surface area contributed by atoms with Gasteiger partial charge in [-0.3, -0.25) is 14.2 Å². The van der Waals surface area contributed by atoms with Gasteiger partial charge in [-0.2, -0.15) is 0 Å². The van der Waals surface area contributed by atoms with Crippen LogP contribution >= 0.6 is 28.1 Å². The summed E-state index contributed by atoms with van der Waals surface area (Å²) in [5.41, 5.74) is 0.611. The first kappa shape index (κ1) is 19.3. The fraction of sp³-hybridized carbons (Fsp3) is 0.526. The summed E-state index contributed by atoms with van der Waals surface area (Å²) in [5.74, 6) is 0.0726. The molecule has 1 aromatic heterocycles. The zero-order chi connectivity index (χ0) is 18.5. The van der Waals surface area contributed by atoms with Gasteiger partial charge in [-0.1, -0.05) is 41.6 Å². The molecule has 1 aliphatic rings. The Labute approximate surface area is 166 Å². The lowest BCUT2D eigenvalue weighted by Gasteiger charge is -2.16. The molecule has 0 aliphatic heterocycles. The first-order valence-electron chi connectivity index (χ1n) is 9.26. The van der Waals surface area contributed by atoms with Gasteiger partial charge in [-0.15, -0.1) is 0 Å². The van der Waals surface area contributed by atoms with Gasteiger partial charge in [0.15, 0.2) is 4.77 Å². The molecule has 1 amide bonds. The van der Waals surface area contributed by atoms with E-state index < -0.39 is 0 Å². The zero-order valence-corrected chi connectivity index (χ0v) is 17.1. The first-order valence-corrected chi connectivity index (χ1v) is 10.5. The molecule has 140 valence electrons. The summed E-state index contributed by atoms with van der Waals surface area (Å²) in [6.45, 7) is 0.439. The number of benzene rings is 1. The molecule has 0 bridgehead atoms. The van der Waals surface area contributed by atoms with Crippen molar-refractivity contribution in [1.29, 1.82) is 0 Å². The maximum Gasteiger partial charge on any atom is 0.262 e. The highest BCUT2D eigenvalue weighted by Crippen LogP contribution is 2.17. The molecule has 0 unspecified atom stereocenters. The van der Waals surface area contributed by atoms with E-state index in [-0.39, 0.29) is 11.5 Å². The van der Waals surface area contributed by atoms with Gasteiger partial charge in [0.25, 0.3) is 5.56 Å². The summed E-state index contributed by atoms with van der Waals surface area (Å²) in [6.07, 6.45) is 8.09. The molecule has 7 heteroatoms. The van der Waals surface area contributed by atoms with E-state index in [1.807, 2.05) is 12.1 Å². The number of halogens is 1. The summed E-state index contributed by atoms with van der Waals surface area (Å²) in [7, 11) is 0. The highest BCUT2D eigenvalue weighted by atomic mass is 79.9. The second kappa shape index (κ2) is 8.95. The molecule has 1 heterocycles. The molecule has 0 saturated heterocycles. The monoisotopic (exact) mass is 437 g/mol. The molecule has 0 spiro atoms. The summed E-state index contributed by atoms with van der Waals surface area (Å²) in [4.78, 5) is 28.0. The van der Waals surface area contributed by atoms with E-state index in [2.05, 4.69) is 26.2 Å². The molecular weight excluding hydrogens is 414 g/mol. The summed E-state index contributed by atoms with van der Waals surface area (Å²) < 4.78 is 2.79. The highest BCUT2D eigenvalue weighted by Gasteiger charge is 2.14. The average molecular weight is 438 g/mol. The molecule has 1 aliphatic carbocycles. The number of carbonyl (C=O) groups is 1. The molecule has 2 N–H and O–H groups in total. The second-order valence-corrected chi connectivity index (χ2v) is 8.24. The van der Waals surface area contributed by atoms with E-state index in [1.165, 1.54) is 25.7 Å². The van der Waals surface area contributed by atoms with Gasteiger partial charge in [0, 0.05) is 23.5 Å². The van der Waals surface area contributed by atoms with Crippen molar-refractivity contribution in [2.45, 2.75) is 64.0 Å². The van der Waals surface area contributed by atoms with Gasteiger partial charge in [0.2, 0.25) is 5.91 Å². The predicted molar refractivity (Wildman–Crippen MR) is 110 cm³/mol. The number of amides is 1. The van der Waals surface area contributed by atoms with E-state index in [4.69, 9.17) is 12.2 Å². The minimum Gasteiger partial charge on any atom is -0.353 e. The van der Waals surface area contributed by atoms with Gasteiger partial charge in [0.05, 0.1) is 10.9 Å². The smallest absolute Gasteiger partial charge is 0.262 e. The number of nitrogens with one attached hydrogen (secondary N) is 2. The van der Waals surface area contributed by atoms with Crippen molar-refractivity contribution >= 4 is 45.0 Å². The number of fused-ring (bicyclic) bond motifs is 1. The standard InChI is InChI=1S/C19H24BrN3O2S/c20-13-9-10-16-15(12-13)18(25)23(19(26)22-16)11-5-8-17(24)21-14-6-3-1-2-4-7-14/h9-10,12,14H,1-8,11H2,(H,21,24)(H,22,26). The van der Waals surface area contributed by atoms with Gasteiger partial charge in [-0.25, -0.2) is 0 Å². The van der Waals surface area contributed by atoms with Crippen molar-refractivity contribution in [2.24, 2.45) is 0 Å². The van der Waals surface area contributed by atoms with Gasteiger partial charge in [-0.05, 0) is 49.7 Å². The highest BCUT2D eigenvalue weighted by molar-refractivity contribution is 9.10. The van der Waals surface area contributed by atoms with Gasteiger partial charge < -0.3 is 10.3 Å². The fourth-order valence-electron chi connectivity index (χ4n) is 3.55. The van der Waals surface area contributed by atoms with Crippen molar-refractivity contribution in [3.63, 3.8) is 0 Å². The Hall–Kier alpha value is -1.47. The molecule has 1 fully saturated rings. The van der Waals surface area contributed by atoms with Gasteiger partial charge >= 0.3 is 0 Å². The van der Waals surface area contributed by atoms with Crippen molar-refractivity contribution in [3.8, 4) is 0 Å². The maximum absolute atomic E-state index is 12.7. The number of hydrogen-bond donors (Lipinski definition) is 2. The Morgan fingerprint density at radius 1 is 1.27 bits per heavy atom. The second-order valence-electron chi connectivity index (χ2n) is 6.94. The molecule has 1 saturated carbocycles. The third-order valence-corrected chi connectivity index (χ3v) is 5.77. The number of hydrogen-bond acceptors (Lipinski definition) is 3. The molecule has 0 radical (unpaired) electrons. The largest absolute Gasteiger partial charge is 0.353 e. The van der Waals surface area contributed by atoms with Crippen LogP contribution in [0, 0.1) is 4.77 Å². The molecular formula is C19H24BrN3O2S. The van der Waals surface area contributed by atoms with Crippen molar-refractivity contribution in [1.82, 2.24) is 14.9 Å². The molecule has 0 atom stereocenters. The Morgan fingerprint density at radius 2 is 2.00 bits per heavy atom. The number of aromatic nitrogens is 2. The fourth-order valence-corrected chi connectivity index (χ4v) is 4.19. The Kier molecular flexibility index (Phi) is 6.64. The van der Waals surface area contributed by atoms with E-state index in [0.29, 0.717) is 35.6 Å². The normalized spacial score (nSPS) is 15.7. The summed E-state index contributed by atoms with van der Waals surface area (Å²) in [6, 6.07) is 5.81. The van der Waals surface area contributed by atoms with E-state index >= 15 is 0 Å². The van der Waals surface area contributed by atoms with Gasteiger partial charge in [0.1, 0.15) is 0 Å².